The van der Waals surface area contributed by atoms with Gasteiger partial charge in [-0.1, -0.05) is 11.6 Å². The Bertz CT molecular complexity index is 265. The number of hydrogen-bond donors (Lipinski definition) is 2. The molecule has 0 aliphatic carbocycles. The van der Waals surface area contributed by atoms with E-state index in [-0.39, 0.29) is 0 Å². The second kappa shape index (κ2) is 4.70. The predicted molar refractivity (Wildman–Crippen MR) is 56.7 cm³/mol. The average molecular weight is 250 g/mol. The largest absolute Gasteiger partial charge is 0.383 e. The molecule has 0 radical (unpaired) electrons. The predicted octanol–water partition coefficient (Wildman–Crippen LogP) is 2.47. The van der Waals surface area contributed by atoms with Gasteiger partial charge in [0.05, 0.1) is 0 Å². The van der Waals surface area contributed by atoms with Crippen LogP contribution in [0.4, 0.5) is 5.69 Å². The first-order valence-electron chi connectivity index (χ1n) is 3.63. The van der Waals surface area contributed by atoms with Crippen LogP contribution in [0.25, 0.3) is 0 Å². The van der Waals surface area contributed by atoms with Gasteiger partial charge in [0.15, 0.2) is 0 Å². The molecule has 1 aromatic rings. The molecular formula is C8H10BrClN2. The standard InChI is InChI=1S/C8H10BrClN2/c9-7-2-1-6(10)5-8(7)12-4-3-11/h1-2,5,12H,3-4,11H2. The molecule has 0 saturated heterocycles. The van der Waals surface area contributed by atoms with Crippen LogP contribution in [0.5, 0.6) is 0 Å². The van der Waals surface area contributed by atoms with Crippen molar-refractivity contribution in [3.8, 4) is 0 Å². The molecule has 12 heavy (non-hydrogen) atoms. The Morgan fingerprint density at radius 2 is 2.25 bits per heavy atom. The van der Waals surface area contributed by atoms with E-state index in [1.807, 2.05) is 18.2 Å². The lowest BCUT2D eigenvalue weighted by Crippen LogP contribution is -2.13. The lowest BCUT2D eigenvalue weighted by molar-refractivity contribution is 1.02. The minimum atomic E-state index is 0.610. The zero-order valence-corrected chi connectivity index (χ0v) is 8.82. The number of anilines is 1. The van der Waals surface area contributed by atoms with E-state index >= 15 is 0 Å². The van der Waals surface area contributed by atoms with E-state index in [1.54, 1.807) is 0 Å². The SMILES string of the molecule is NCCNc1cc(Cl)ccc1Br. The van der Waals surface area contributed by atoms with Crippen LogP contribution in [0.2, 0.25) is 5.02 Å². The highest BCUT2D eigenvalue weighted by Gasteiger charge is 1.98. The molecule has 66 valence electrons. The van der Waals surface area contributed by atoms with E-state index in [0.29, 0.717) is 6.54 Å². The summed E-state index contributed by atoms with van der Waals surface area (Å²) in [4.78, 5) is 0. The quantitative estimate of drug-likeness (QED) is 0.864. The maximum atomic E-state index is 5.80. The maximum absolute atomic E-state index is 5.80. The first kappa shape index (κ1) is 9.84. The van der Waals surface area contributed by atoms with Gasteiger partial charge < -0.3 is 11.1 Å². The molecule has 0 heterocycles. The van der Waals surface area contributed by atoms with E-state index in [0.717, 1.165) is 21.7 Å². The summed E-state index contributed by atoms with van der Waals surface area (Å²) in [7, 11) is 0. The smallest absolute Gasteiger partial charge is 0.0500 e. The molecule has 0 atom stereocenters. The minimum Gasteiger partial charge on any atom is -0.383 e. The maximum Gasteiger partial charge on any atom is 0.0500 e. The Hall–Kier alpha value is -0.250. The van der Waals surface area contributed by atoms with Crippen LogP contribution in [0.15, 0.2) is 22.7 Å². The topological polar surface area (TPSA) is 38.0 Å². The molecule has 0 fully saturated rings. The van der Waals surface area contributed by atoms with Crippen molar-refractivity contribution in [1.82, 2.24) is 0 Å². The van der Waals surface area contributed by atoms with Crippen molar-refractivity contribution < 1.29 is 0 Å². The number of nitrogens with two attached hydrogens (primary N) is 1. The monoisotopic (exact) mass is 248 g/mol. The van der Waals surface area contributed by atoms with Crippen LogP contribution >= 0.6 is 27.5 Å². The van der Waals surface area contributed by atoms with Gasteiger partial charge in [0, 0.05) is 28.3 Å². The normalized spacial score (nSPS) is 9.92. The van der Waals surface area contributed by atoms with Gasteiger partial charge in [-0.05, 0) is 34.1 Å². The summed E-state index contributed by atoms with van der Waals surface area (Å²) in [5, 5.41) is 3.87. The summed E-state index contributed by atoms with van der Waals surface area (Å²) >= 11 is 9.20. The second-order valence-electron chi connectivity index (χ2n) is 2.34. The fourth-order valence-corrected chi connectivity index (χ4v) is 1.40. The summed E-state index contributed by atoms with van der Waals surface area (Å²) in [6.45, 7) is 1.36. The minimum absolute atomic E-state index is 0.610. The van der Waals surface area contributed by atoms with Gasteiger partial charge in [0.25, 0.3) is 0 Å². The van der Waals surface area contributed by atoms with Gasteiger partial charge in [-0.25, -0.2) is 0 Å². The molecule has 0 aliphatic heterocycles. The third-order valence-corrected chi connectivity index (χ3v) is 2.31. The van der Waals surface area contributed by atoms with Gasteiger partial charge in [0.1, 0.15) is 0 Å². The fourth-order valence-electron chi connectivity index (χ4n) is 0.840. The number of halogens is 2. The summed E-state index contributed by atoms with van der Waals surface area (Å²) in [5.74, 6) is 0. The van der Waals surface area contributed by atoms with Gasteiger partial charge in [-0.15, -0.1) is 0 Å². The van der Waals surface area contributed by atoms with E-state index in [9.17, 15) is 0 Å². The molecule has 0 saturated carbocycles. The lowest BCUT2D eigenvalue weighted by atomic mass is 10.3. The summed E-state index contributed by atoms with van der Waals surface area (Å²) < 4.78 is 1.00. The first-order chi connectivity index (χ1) is 5.74. The highest BCUT2D eigenvalue weighted by molar-refractivity contribution is 9.10. The molecule has 4 heteroatoms. The highest BCUT2D eigenvalue weighted by Crippen LogP contribution is 2.25. The molecule has 3 N–H and O–H groups in total. The Balaban J connectivity index is 2.75. The molecule has 0 bridgehead atoms. The van der Waals surface area contributed by atoms with Crippen LogP contribution in [-0.4, -0.2) is 13.1 Å². The molecule has 0 amide bonds. The highest BCUT2D eigenvalue weighted by atomic mass is 79.9. The first-order valence-corrected chi connectivity index (χ1v) is 4.80. The number of rotatable bonds is 3. The Kier molecular flexibility index (Phi) is 3.85. The third-order valence-electron chi connectivity index (χ3n) is 1.39. The molecular weight excluding hydrogens is 239 g/mol. The van der Waals surface area contributed by atoms with Crippen molar-refractivity contribution in [2.24, 2.45) is 5.73 Å². The molecule has 2 nitrogen and oxygen atoms in total. The molecule has 1 rings (SSSR count). The second-order valence-corrected chi connectivity index (χ2v) is 3.63. The Morgan fingerprint density at radius 3 is 2.92 bits per heavy atom. The lowest BCUT2D eigenvalue weighted by Gasteiger charge is -2.06. The van der Waals surface area contributed by atoms with E-state index in [1.165, 1.54) is 0 Å². The van der Waals surface area contributed by atoms with E-state index < -0.39 is 0 Å². The number of nitrogens with one attached hydrogen (secondary N) is 1. The van der Waals surface area contributed by atoms with Gasteiger partial charge in [-0.2, -0.15) is 0 Å². The molecule has 1 aromatic carbocycles. The van der Waals surface area contributed by atoms with Crippen molar-refractivity contribution in [2.45, 2.75) is 0 Å². The summed E-state index contributed by atoms with van der Waals surface area (Å²) in [5.41, 5.74) is 6.33. The van der Waals surface area contributed by atoms with Crippen LogP contribution in [0, 0.1) is 0 Å². The van der Waals surface area contributed by atoms with Crippen molar-refractivity contribution in [3.05, 3.63) is 27.7 Å². The van der Waals surface area contributed by atoms with Gasteiger partial charge >= 0.3 is 0 Å². The number of hydrogen-bond acceptors (Lipinski definition) is 2. The van der Waals surface area contributed by atoms with Crippen molar-refractivity contribution in [3.63, 3.8) is 0 Å². The molecule has 0 unspecified atom stereocenters. The third kappa shape index (κ3) is 2.66. The van der Waals surface area contributed by atoms with E-state index in [2.05, 4.69) is 21.2 Å². The average Bonchev–Trinajstić information content (AvgIpc) is 2.07. The van der Waals surface area contributed by atoms with Crippen molar-refractivity contribution >= 4 is 33.2 Å². The van der Waals surface area contributed by atoms with Gasteiger partial charge in [0.2, 0.25) is 0 Å². The Labute approximate surface area is 85.2 Å². The van der Waals surface area contributed by atoms with Crippen LogP contribution < -0.4 is 11.1 Å². The van der Waals surface area contributed by atoms with Crippen molar-refractivity contribution in [2.75, 3.05) is 18.4 Å². The molecule has 0 aromatic heterocycles. The zero-order chi connectivity index (χ0) is 8.97. The fraction of sp³-hybridized carbons (Fsp3) is 0.250. The Morgan fingerprint density at radius 1 is 1.50 bits per heavy atom. The van der Waals surface area contributed by atoms with Crippen LogP contribution in [0.1, 0.15) is 0 Å². The molecule has 0 aliphatic rings. The van der Waals surface area contributed by atoms with Gasteiger partial charge in [-0.3, -0.25) is 0 Å². The molecule has 0 spiro atoms. The summed E-state index contributed by atoms with van der Waals surface area (Å²) in [6, 6.07) is 5.60. The van der Waals surface area contributed by atoms with Crippen molar-refractivity contribution in [1.29, 1.82) is 0 Å². The number of benzene rings is 1. The van der Waals surface area contributed by atoms with E-state index in [4.69, 9.17) is 17.3 Å². The zero-order valence-electron chi connectivity index (χ0n) is 6.48. The summed E-state index contributed by atoms with van der Waals surface area (Å²) in [6.07, 6.45) is 0. The van der Waals surface area contributed by atoms with Crippen LogP contribution in [-0.2, 0) is 0 Å². The van der Waals surface area contributed by atoms with Crippen LogP contribution in [0.3, 0.4) is 0 Å².